The highest BCUT2D eigenvalue weighted by molar-refractivity contribution is 5.91. The van der Waals surface area contributed by atoms with Crippen LogP contribution in [0.2, 0.25) is 0 Å². The van der Waals surface area contributed by atoms with Gasteiger partial charge in [0.25, 0.3) is 5.69 Å². The molecular formula is C18H19F2N3O4. The molecule has 27 heavy (non-hydrogen) atoms. The van der Waals surface area contributed by atoms with E-state index in [1.807, 2.05) is 31.2 Å². The Morgan fingerprint density at radius 3 is 2.59 bits per heavy atom. The van der Waals surface area contributed by atoms with Crippen LogP contribution in [0.1, 0.15) is 18.1 Å². The summed E-state index contributed by atoms with van der Waals surface area (Å²) in [5.74, 6) is -0.351. The van der Waals surface area contributed by atoms with Crippen molar-refractivity contribution in [3.8, 4) is 5.75 Å². The smallest absolute Gasteiger partial charge is 0.387 e. The van der Waals surface area contributed by atoms with Crippen molar-refractivity contribution in [3.05, 3.63) is 63.7 Å². The lowest BCUT2D eigenvalue weighted by molar-refractivity contribution is -0.384. The summed E-state index contributed by atoms with van der Waals surface area (Å²) in [5, 5.41) is 13.4. The maximum Gasteiger partial charge on any atom is 0.387 e. The van der Waals surface area contributed by atoms with Gasteiger partial charge in [0.05, 0.1) is 10.6 Å². The number of nitro benzene ring substituents is 1. The summed E-state index contributed by atoms with van der Waals surface area (Å²) in [5.41, 5.74) is 1.38. The second-order valence-electron chi connectivity index (χ2n) is 5.69. The number of anilines is 1. The number of amides is 2. The average molecular weight is 379 g/mol. The van der Waals surface area contributed by atoms with Crippen LogP contribution in [-0.2, 0) is 6.54 Å². The van der Waals surface area contributed by atoms with E-state index >= 15 is 0 Å². The van der Waals surface area contributed by atoms with E-state index in [9.17, 15) is 23.7 Å². The first kappa shape index (κ1) is 20.1. The molecule has 0 unspecified atom stereocenters. The van der Waals surface area contributed by atoms with Gasteiger partial charge in [-0.15, -0.1) is 0 Å². The number of carbonyl (C=O) groups excluding carboxylic acids is 1. The van der Waals surface area contributed by atoms with Crippen LogP contribution in [-0.4, -0.2) is 29.0 Å². The standard InChI is InChI=1S/C18H19F2N3O4/c1-3-22(11-13-7-5-4-6-12(13)2)18(24)21-15-10-14(23(25)26)8-9-16(15)27-17(19)20/h4-10,17H,3,11H2,1-2H3,(H,21,24). The van der Waals surface area contributed by atoms with E-state index in [1.165, 1.54) is 4.90 Å². The predicted octanol–water partition coefficient (Wildman–Crippen LogP) is 4.56. The van der Waals surface area contributed by atoms with Crippen LogP contribution in [0.4, 0.5) is 25.0 Å². The number of non-ortho nitro benzene ring substituents is 1. The van der Waals surface area contributed by atoms with Crippen molar-refractivity contribution in [1.82, 2.24) is 4.90 Å². The lowest BCUT2D eigenvalue weighted by atomic mass is 10.1. The van der Waals surface area contributed by atoms with Crippen LogP contribution in [0.15, 0.2) is 42.5 Å². The molecule has 144 valence electrons. The van der Waals surface area contributed by atoms with Gasteiger partial charge in [0.1, 0.15) is 5.75 Å². The highest BCUT2D eigenvalue weighted by Gasteiger charge is 2.19. The molecule has 2 amide bonds. The Morgan fingerprint density at radius 1 is 1.30 bits per heavy atom. The molecule has 0 fully saturated rings. The van der Waals surface area contributed by atoms with Crippen LogP contribution in [0.5, 0.6) is 5.75 Å². The van der Waals surface area contributed by atoms with Gasteiger partial charge in [-0.25, -0.2) is 4.79 Å². The Kier molecular flexibility index (Phi) is 6.64. The molecule has 0 aliphatic carbocycles. The second kappa shape index (κ2) is 8.93. The van der Waals surface area contributed by atoms with Gasteiger partial charge in [-0.1, -0.05) is 24.3 Å². The maximum absolute atomic E-state index is 12.6. The quantitative estimate of drug-likeness (QED) is 0.565. The topological polar surface area (TPSA) is 84.7 Å². The average Bonchev–Trinajstić information content (AvgIpc) is 2.61. The minimum Gasteiger partial charge on any atom is -0.433 e. The summed E-state index contributed by atoms with van der Waals surface area (Å²) in [4.78, 5) is 24.3. The second-order valence-corrected chi connectivity index (χ2v) is 5.69. The lowest BCUT2D eigenvalue weighted by Crippen LogP contribution is -2.34. The van der Waals surface area contributed by atoms with E-state index in [4.69, 9.17) is 0 Å². The first-order valence-corrected chi connectivity index (χ1v) is 8.15. The SMILES string of the molecule is CCN(Cc1ccccc1C)C(=O)Nc1cc([N+](=O)[O-])ccc1OC(F)F. The number of nitrogens with one attached hydrogen (secondary N) is 1. The van der Waals surface area contributed by atoms with Gasteiger partial charge in [-0.05, 0) is 31.0 Å². The van der Waals surface area contributed by atoms with E-state index < -0.39 is 17.6 Å². The first-order valence-electron chi connectivity index (χ1n) is 8.15. The summed E-state index contributed by atoms with van der Waals surface area (Å²) in [7, 11) is 0. The summed E-state index contributed by atoms with van der Waals surface area (Å²) in [6, 6.07) is 9.98. The van der Waals surface area contributed by atoms with Crippen molar-refractivity contribution >= 4 is 17.4 Å². The van der Waals surface area contributed by atoms with Crippen molar-refractivity contribution in [3.63, 3.8) is 0 Å². The third-order valence-corrected chi connectivity index (χ3v) is 3.92. The number of rotatable bonds is 7. The Bertz CT molecular complexity index is 830. The van der Waals surface area contributed by atoms with Gasteiger partial charge in [0.2, 0.25) is 0 Å². The fourth-order valence-electron chi connectivity index (χ4n) is 2.44. The normalized spacial score (nSPS) is 10.6. The highest BCUT2D eigenvalue weighted by atomic mass is 19.3. The Morgan fingerprint density at radius 2 is 2.00 bits per heavy atom. The Balaban J connectivity index is 2.24. The number of hydrogen-bond donors (Lipinski definition) is 1. The molecular weight excluding hydrogens is 360 g/mol. The Labute approximate surface area is 154 Å². The molecule has 7 nitrogen and oxygen atoms in total. The molecule has 0 saturated heterocycles. The van der Waals surface area contributed by atoms with E-state index in [1.54, 1.807) is 6.92 Å². The molecule has 9 heteroatoms. The zero-order chi connectivity index (χ0) is 20.0. The highest BCUT2D eigenvalue weighted by Crippen LogP contribution is 2.30. The number of nitrogens with zero attached hydrogens (tertiary/aromatic N) is 2. The van der Waals surface area contributed by atoms with Gasteiger partial charge in [-0.2, -0.15) is 8.78 Å². The van der Waals surface area contributed by atoms with Crippen molar-refractivity contribution in [2.75, 3.05) is 11.9 Å². The van der Waals surface area contributed by atoms with Crippen LogP contribution < -0.4 is 10.1 Å². The number of nitro groups is 1. The van der Waals surface area contributed by atoms with Crippen molar-refractivity contribution in [1.29, 1.82) is 0 Å². The summed E-state index contributed by atoms with van der Waals surface area (Å²) < 4.78 is 29.5. The van der Waals surface area contributed by atoms with Gasteiger partial charge in [0.15, 0.2) is 0 Å². The molecule has 0 radical (unpaired) electrons. The van der Waals surface area contributed by atoms with E-state index in [-0.39, 0.29) is 17.1 Å². The van der Waals surface area contributed by atoms with Crippen LogP contribution in [0.25, 0.3) is 0 Å². The van der Waals surface area contributed by atoms with Crippen LogP contribution in [0.3, 0.4) is 0 Å². The number of carbonyl (C=O) groups is 1. The molecule has 0 bridgehead atoms. The first-order chi connectivity index (χ1) is 12.8. The summed E-state index contributed by atoms with van der Waals surface area (Å²) in [6.45, 7) is 1.20. The third kappa shape index (κ3) is 5.37. The molecule has 2 rings (SSSR count). The van der Waals surface area contributed by atoms with E-state index in [2.05, 4.69) is 10.1 Å². The molecule has 2 aromatic rings. The van der Waals surface area contributed by atoms with E-state index in [0.717, 1.165) is 29.3 Å². The Hall–Kier alpha value is -3.23. The number of ether oxygens (including phenoxy) is 1. The van der Waals surface area contributed by atoms with Crippen LogP contribution >= 0.6 is 0 Å². The van der Waals surface area contributed by atoms with Gasteiger partial charge in [0, 0.05) is 25.2 Å². The molecule has 0 aliphatic rings. The lowest BCUT2D eigenvalue weighted by Gasteiger charge is -2.23. The van der Waals surface area contributed by atoms with Crippen molar-refractivity contribution < 1.29 is 23.2 Å². The fraction of sp³-hybridized carbons (Fsp3) is 0.278. The van der Waals surface area contributed by atoms with Crippen LogP contribution in [0, 0.1) is 17.0 Å². The number of benzene rings is 2. The largest absolute Gasteiger partial charge is 0.433 e. The van der Waals surface area contributed by atoms with Gasteiger partial charge < -0.3 is 15.0 Å². The molecule has 1 N–H and O–H groups in total. The summed E-state index contributed by atoms with van der Waals surface area (Å²) in [6.07, 6.45) is 0. The van der Waals surface area contributed by atoms with Crippen molar-refractivity contribution in [2.24, 2.45) is 0 Å². The van der Waals surface area contributed by atoms with Crippen molar-refractivity contribution in [2.45, 2.75) is 27.0 Å². The number of urea groups is 1. The zero-order valence-electron chi connectivity index (χ0n) is 14.8. The summed E-state index contributed by atoms with van der Waals surface area (Å²) >= 11 is 0. The third-order valence-electron chi connectivity index (χ3n) is 3.92. The number of aryl methyl sites for hydroxylation is 1. The van der Waals surface area contributed by atoms with Gasteiger partial charge >= 0.3 is 12.6 Å². The zero-order valence-corrected chi connectivity index (χ0v) is 14.8. The monoisotopic (exact) mass is 379 g/mol. The predicted molar refractivity (Wildman–Crippen MR) is 96.0 cm³/mol. The number of alkyl halides is 2. The van der Waals surface area contributed by atoms with E-state index in [0.29, 0.717) is 13.1 Å². The molecule has 0 spiro atoms. The maximum atomic E-state index is 12.6. The molecule has 2 aromatic carbocycles. The van der Waals surface area contributed by atoms with Gasteiger partial charge in [-0.3, -0.25) is 10.1 Å². The number of hydrogen-bond acceptors (Lipinski definition) is 4. The molecule has 0 saturated carbocycles. The molecule has 0 heterocycles. The molecule has 0 aliphatic heterocycles. The minimum absolute atomic E-state index is 0.197. The molecule has 0 aromatic heterocycles. The fourth-order valence-corrected chi connectivity index (χ4v) is 2.44. The molecule has 0 atom stereocenters. The minimum atomic E-state index is -3.13. The number of halogens is 2.